The lowest BCUT2D eigenvalue weighted by molar-refractivity contribution is -0.115. The second kappa shape index (κ2) is 13.2. The van der Waals surface area contributed by atoms with E-state index in [2.05, 4.69) is 20.9 Å². The minimum absolute atomic E-state index is 0.157. The molecule has 0 aliphatic heterocycles. The van der Waals surface area contributed by atoms with Crippen LogP contribution in [0.15, 0.2) is 72.1 Å². The van der Waals surface area contributed by atoms with Gasteiger partial charge in [-0.15, -0.1) is 11.3 Å². The highest BCUT2D eigenvalue weighted by molar-refractivity contribution is 7.23. The summed E-state index contributed by atoms with van der Waals surface area (Å²) in [7, 11) is 4.65. The summed E-state index contributed by atoms with van der Waals surface area (Å²) >= 11 is 2.80. The molecule has 5 aromatic rings. The fourth-order valence-electron chi connectivity index (χ4n) is 4.14. The Balaban J connectivity index is 1.26. The topological polar surface area (TPSA) is 150 Å². The fraction of sp³-hybridized carbons (Fsp3) is 0.133. The Labute approximate surface area is 255 Å². The Kier molecular flexibility index (Phi) is 9.03. The lowest BCUT2D eigenvalue weighted by atomic mass is 10.1. The lowest BCUT2D eigenvalue weighted by Crippen LogP contribution is -2.32. The van der Waals surface area contributed by atoms with Crippen LogP contribution in [0.4, 0.5) is 22.3 Å². The second-order valence-corrected chi connectivity index (χ2v) is 10.8. The van der Waals surface area contributed by atoms with Gasteiger partial charge in [-0.3, -0.25) is 9.59 Å². The third-order valence-corrected chi connectivity index (χ3v) is 8.14. The lowest BCUT2D eigenvalue weighted by Gasteiger charge is -2.14. The zero-order valence-corrected chi connectivity index (χ0v) is 25.1. The third-order valence-electron chi connectivity index (χ3n) is 6.16. The average molecular weight is 617 g/mol. The van der Waals surface area contributed by atoms with E-state index in [0.29, 0.717) is 50.1 Å². The summed E-state index contributed by atoms with van der Waals surface area (Å²) in [5, 5.41) is 11.9. The fourth-order valence-corrected chi connectivity index (χ4v) is 5.97. The standard InChI is InChI=1S/C30H28N6O5S2/c1-39-22-13-20(14-23(40-2)25(22)41-3)34-30-36-27(31)26(43-30)29-35-21(16-42-29)18-10-7-11-19(12-18)33-24(37)15-32-28(38)17-8-5-4-6-9-17/h4-14,16H,15,31H2,1-3H3,(H,32,38)(H,33,37)(H,34,36). The first-order valence-corrected chi connectivity index (χ1v) is 14.6. The van der Waals surface area contributed by atoms with Crippen molar-refractivity contribution in [3.05, 3.63) is 77.7 Å². The molecule has 0 aliphatic rings. The van der Waals surface area contributed by atoms with Gasteiger partial charge in [-0.25, -0.2) is 9.97 Å². The number of carbonyl (C=O) groups excluding carboxylic acids is 2. The summed E-state index contributed by atoms with van der Waals surface area (Å²) < 4.78 is 16.3. The van der Waals surface area contributed by atoms with Gasteiger partial charge >= 0.3 is 0 Å². The van der Waals surface area contributed by atoms with Gasteiger partial charge in [0.2, 0.25) is 11.7 Å². The first-order valence-electron chi connectivity index (χ1n) is 12.9. The molecule has 2 amide bonds. The number of ether oxygens (including phenoxy) is 3. The number of methoxy groups -OCH3 is 3. The summed E-state index contributed by atoms with van der Waals surface area (Å²) in [6.07, 6.45) is 0. The second-order valence-electron chi connectivity index (χ2n) is 8.99. The van der Waals surface area contributed by atoms with E-state index in [4.69, 9.17) is 24.9 Å². The number of hydrogen-bond acceptors (Lipinski definition) is 11. The van der Waals surface area contributed by atoms with E-state index < -0.39 is 0 Å². The zero-order valence-electron chi connectivity index (χ0n) is 23.5. The number of anilines is 4. The summed E-state index contributed by atoms with van der Waals surface area (Å²) in [6.45, 7) is -0.157. The van der Waals surface area contributed by atoms with Crippen molar-refractivity contribution in [2.45, 2.75) is 0 Å². The van der Waals surface area contributed by atoms with Crippen molar-refractivity contribution in [1.29, 1.82) is 0 Å². The van der Waals surface area contributed by atoms with Crippen LogP contribution in [0, 0.1) is 0 Å². The highest BCUT2D eigenvalue weighted by Gasteiger charge is 2.18. The van der Waals surface area contributed by atoms with Crippen LogP contribution in [0.2, 0.25) is 0 Å². The number of amides is 2. The highest BCUT2D eigenvalue weighted by Crippen LogP contribution is 2.43. The number of carbonyl (C=O) groups is 2. The van der Waals surface area contributed by atoms with Crippen molar-refractivity contribution in [3.8, 4) is 38.4 Å². The predicted octanol–water partition coefficient (Wildman–Crippen LogP) is 5.65. The number of benzene rings is 3. The van der Waals surface area contributed by atoms with Gasteiger partial charge in [0.25, 0.3) is 5.91 Å². The smallest absolute Gasteiger partial charge is 0.251 e. The maximum atomic E-state index is 12.5. The molecule has 0 saturated carbocycles. The Morgan fingerprint density at radius 2 is 1.63 bits per heavy atom. The summed E-state index contributed by atoms with van der Waals surface area (Å²) in [5.74, 6) is 1.19. The van der Waals surface area contributed by atoms with Crippen LogP contribution in [-0.4, -0.2) is 49.7 Å². The van der Waals surface area contributed by atoms with Crippen molar-refractivity contribution >= 4 is 56.8 Å². The number of nitrogens with one attached hydrogen (secondary N) is 3. The van der Waals surface area contributed by atoms with E-state index in [0.717, 1.165) is 16.1 Å². The average Bonchev–Trinajstić information content (AvgIpc) is 3.66. The van der Waals surface area contributed by atoms with Crippen LogP contribution in [0.5, 0.6) is 17.2 Å². The molecular formula is C30H28N6O5S2. The van der Waals surface area contributed by atoms with E-state index in [1.165, 1.54) is 22.7 Å². The first kappa shape index (κ1) is 29.4. The van der Waals surface area contributed by atoms with E-state index in [1.807, 2.05) is 29.6 Å². The van der Waals surface area contributed by atoms with Gasteiger partial charge in [-0.05, 0) is 24.3 Å². The number of thiazole rings is 2. The third kappa shape index (κ3) is 6.85. The number of aromatic nitrogens is 2. The minimum atomic E-state index is -0.343. The monoisotopic (exact) mass is 616 g/mol. The summed E-state index contributed by atoms with van der Waals surface area (Å²) in [4.78, 5) is 34.7. The highest BCUT2D eigenvalue weighted by atomic mass is 32.1. The number of nitrogens with zero attached hydrogens (tertiary/aromatic N) is 2. The number of nitrogens with two attached hydrogens (primary N) is 1. The van der Waals surface area contributed by atoms with Crippen LogP contribution in [0.25, 0.3) is 21.1 Å². The number of hydrogen-bond donors (Lipinski definition) is 4. The van der Waals surface area contributed by atoms with Gasteiger partial charge in [0.1, 0.15) is 15.7 Å². The van der Waals surface area contributed by atoms with E-state index in [-0.39, 0.29) is 18.4 Å². The molecule has 0 radical (unpaired) electrons. The molecule has 43 heavy (non-hydrogen) atoms. The molecule has 0 spiro atoms. The molecule has 2 heterocycles. The molecule has 13 heteroatoms. The van der Waals surface area contributed by atoms with Crippen LogP contribution >= 0.6 is 22.7 Å². The van der Waals surface area contributed by atoms with Crippen LogP contribution < -0.4 is 35.9 Å². The van der Waals surface area contributed by atoms with Crippen molar-refractivity contribution in [1.82, 2.24) is 15.3 Å². The molecule has 0 saturated heterocycles. The number of nitrogen functional groups attached to an aromatic ring is 1. The molecule has 0 atom stereocenters. The molecule has 0 fully saturated rings. The van der Waals surface area contributed by atoms with Gasteiger partial charge in [-0.2, -0.15) is 0 Å². The zero-order chi connectivity index (χ0) is 30.3. The molecule has 5 N–H and O–H groups in total. The maximum Gasteiger partial charge on any atom is 0.251 e. The Morgan fingerprint density at radius 3 is 2.33 bits per heavy atom. The van der Waals surface area contributed by atoms with Gasteiger partial charge in [0, 0.05) is 40.0 Å². The SMILES string of the molecule is COc1cc(Nc2nc(N)c(-c3nc(-c4cccc(NC(=O)CNC(=O)c5ccccc5)c4)cs3)s2)cc(OC)c1OC. The molecule has 0 bridgehead atoms. The Hall–Kier alpha value is -5.14. The minimum Gasteiger partial charge on any atom is -0.493 e. The predicted molar refractivity (Wildman–Crippen MR) is 170 cm³/mol. The van der Waals surface area contributed by atoms with Gasteiger partial charge < -0.3 is 35.9 Å². The van der Waals surface area contributed by atoms with Gasteiger partial charge in [-0.1, -0.05) is 41.7 Å². The molecule has 0 aliphatic carbocycles. The van der Waals surface area contributed by atoms with Crippen molar-refractivity contribution in [2.75, 3.05) is 44.2 Å². The van der Waals surface area contributed by atoms with E-state index in [1.54, 1.807) is 63.8 Å². The van der Waals surface area contributed by atoms with Crippen molar-refractivity contribution < 1.29 is 23.8 Å². The molecule has 0 unspecified atom stereocenters. The normalized spacial score (nSPS) is 10.6. The van der Waals surface area contributed by atoms with Crippen molar-refractivity contribution in [3.63, 3.8) is 0 Å². The van der Waals surface area contributed by atoms with E-state index in [9.17, 15) is 9.59 Å². The van der Waals surface area contributed by atoms with Crippen LogP contribution in [-0.2, 0) is 4.79 Å². The molecule has 11 nitrogen and oxygen atoms in total. The van der Waals surface area contributed by atoms with Gasteiger partial charge in [0.05, 0.1) is 33.6 Å². The molecule has 220 valence electrons. The summed E-state index contributed by atoms with van der Waals surface area (Å²) in [6, 6.07) is 19.6. The maximum absolute atomic E-state index is 12.5. The quantitative estimate of drug-likeness (QED) is 0.148. The molecule has 5 rings (SSSR count). The summed E-state index contributed by atoms with van der Waals surface area (Å²) in [5.41, 5.74) is 9.57. The van der Waals surface area contributed by atoms with Gasteiger partial charge in [0.15, 0.2) is 16.6 Å². The van der Waals surface area contributed by atoms with Crippen LogP contribution in [0.3, 0.4) is 0 Å². The first-order chi connectivity index (χ1) is 20.9. The van der Waals surface area contributed by atoms with E-state index >= 15 is 0 Å². The van der Waals surface area contributed by atoms with Crippen molar-refractivity contribution in [2.24, 2.45) is 0 Å². The molecular weight excluding hydrogens is 589 g/mol. The Morgan fingerprint density at radius 1 is 0.884 bits per heavy atom. The largest absolute Gasteiger partial charge is 0.493 e. The number of rotatable bonds is 11. The van der Waals surface area contributed by atoms with Crippen LogP contribution in [0.1, 0.15) is 10.4 Å². The molecule has 3 aromatic carbocycles. The Bertz CT molecular complexity index is 1730. The molecule has 2 aromatic heterocycles.